The van der Waals surface area contributed by atoms with Gasteiger partial charge in [0.15, 0.2) is 0 Å². The van der Waals surface area contributed by atoms with Crippen LogP contribution in [0.4, 0.5) is 0 Å². The van der Waals surface area contributed by atoms with Gasteiger partial charge in [-0.15, -0.1) is 0 Å². The van der Waals surface area contributed by atoms with Gasteiger partial charge >= 0.3 is 0 Å². The number of ether oxygens (including phenoxy) is 1. The van der Waals surface area contributed by atoms with Crippen molar-refractivity contribution in [3.8, 4) is 0 Å². The van der Waals surface area contributed by atoms with Gasteiger partial charge in [-0.3, -0.25) is 4.79 Å². The van der Waals surface area contributed by atoms with Gasteiger partial charge < -0.3 is 14.7 Å². The number of Topliss-reactive ketones (excluding diaryl/α,β-unsaturated/α-hetero) is 1. The molecule has 156 valence electrons. The molecule has 28 heavy (non-hydrogen) atoms. The minimum atomic E-state index is -0.140. The number of aliphatic hydroxyl groups excluding tert-OH is 1. The molecule has 4 heteroatoms. The summed E-state index contributed by atoms with van der Waals surface area (Å²) in [6, 6.07) is 0. The predicted octanol–water partition coefficient (Wildman–Crippen LogP) is 2.02. The Morgan fingerprint density at radius 2 is 1.89 bits per heavy atom. The Kier molecular flexibility index (Phi) is 4.76. The molecule has 0 unspecified atom stereocenters. The molecule has 3 saturated carbocycles. The molecule has 0 spiro atoms. The summed E-state index contributed by atoms with van der Waals surface area (Å²) in [6.07, 6.45) is 9.81. The number of nitrogens with one attached hydrogen (secondary N) is 1. The summed E-state index contributed by atoms with van der Waals surface area (Å²) >= 11 is 0. The molecular weight excluding hydrogens is 350 g/mol. The first-order valence-corrected chi connectivity index (χ1v) is 11.7. The van der Waals surface area contributed by atoms with E-state index in [0.29, 0.717) is 23.5 Å². The molecule has 2 N–H and O–H groups in total. The average Bonchev–Trinajstić information content (AvgIpc) is 2.94. The van der Waals surface area contributed by atoms with Crippen LogP contribution in [-0.2, 0) is 9.53 Å². The lowest BCUT2D eigenvalue weighted by Crippen LogP contribution is -3.14. The molecule has 0 aromatic heterocycles. The summed E-state index contributed by atoms with van der Waals surface area (Å²) in [5, 5.41) is 10.2. The van der Waals surface area contributed by atoms with Gasteiger partial charge in [0.05, 0.1) is 31.8 Å². The molecule has 0 bridgehead atoms. The van der Waals surface area contributed by atoms with E-state index >= 15 is 0 Å². The molecule has 4 fully saturated rings. The number of hydrogen-bond donors (Lipinski definition) is 2. The van der Waals surface area contributed by atoms with Gasteiger partial charge in [-0.25, -0.2) is 0 Å². The number of carbonyl (C=O) groups excluding carboxylic acids is 1. The number of fused-ring (bicyclic) bond motifs is 5. The lowest BCUT2D eigenvalue weighted by molar-refractivity contribution is -0.910. The lowest BCUT2D eigenvalue weighted by atomic mass is 9.48. The van der Waals surface area contributed by atoms with Gasteiger partial charge in [-0.05, 0) is 68.1 Å². The molecule has 5 aliphatic rings. The summed E-state index contributed by atoms with van der Waals surface area (Å²) in [6.45, 7) is 9.61. The fourth-order valence-electron chi connectivity index (χ4n) is 7.97. The second kappa shape index (κ2) is 6.92. The van der Waals surface area contributed by atoms with Crippen molar-refractivity contribution in [3.63, 3.8) is 0 Å². The van der Waals surface area contributed by atoms with Crippen LogP contribution in [0.5, 0.6) is 0 Å². The quantitative estimate of drug-likeness (QED) is 0.712. The number of carbonyl (C=O) groups is 1. The molecule has 0 radical (unpaired) electrons. The van der Waals surface area contributed by atoms with Gasteiger partial charge in [-0.2, -0.15) is 0 Å². The van der Waals surface area contributed by atoms with Crippen LogP contribution in [0.25, 0.3) is 0 Å². The molecular formula is C24H38NO3+. The Morgan fingerprint density at radius 3 is 2.68 bits per heavy atom. The van der Waals surface area contributed by atoms with Crippen LogP contribution in [0.1, 0.15) is 58.8 Å². The molecule has 5 rings (SSSR count). The van der Waals surface area contributed by atoms with Crippen LogP contribution < -0.4 is 4.90 Å². The molecule has 1 aliphatic heterocycles. The zero-order valence-corrected chi connectivity index (χ0v) is 17.7. The molecule has 0 aromatic carbocycles. The lowest BCUT2D eigenvalue weighted by Gasteiger charge is -2.56. The summed E-state index contributed by atoms with van der Waals surface area (Å²) < 4.78 is 5.52. The molecule has 1 saturated heterocycles. The van der Waals surface area contributed by atoms with Gasteiger partial charge in [0.1, 0.15) is 18.9 Å². The van der Waals surface area contributed by atoms with Crippen molar-refractivity contribution < 1.29 is 19.5 Å². The van der Waals surface area contributed by atoms with E-state index in [9.17, 15) is 9.90 Å². The SMILES string of the molecule is C[C@@]12CC[C@H]3[C@@H](CC=C4C[C@@H](O)CC[C@]43C)[C@H]1C[C@H](C[NH+]1CCOCC1)C2=O. The van der Waals surface area contributed by atoms with E-state index in [0.717, 1.165) is 71.4 Å². The first-order valence-electron chi connectivity index (χ1n) is 11.7. The minimum Gasteiger partial charge on any atom is -0.393 e. The highest BCUT2D eigenvalue weighted by Gasteiger charge is 2.61. The van der Waals surface area contributed by atoms with Gasteiger partial charge in [-0.1, -0.05) is 25.5 Å². The fourth-order valence-corrected chi connectivity index (χ4v) is 7.97. The van der Waals surface area contributed by atoms with Crippen LogP contribution in [-0.4, -0.2) is 49.8 Å². The third-order valence-electron chi connectivity index (χ3n) is 9.67. The van der Waals surface area contributed by atoms with E-state index in [4.69, 9.17) is 4.74 Å². The minimum absolute atomic E-state index is 0.0898. The van der Waals surface area contributed by atoms with Crippen molar-refractivity contribution in [1.82, 2.24) is 0 Å². The summed E-state index contributed by atoms with van der Waals surface area (Å²) in [5.41, 5.74) is 1.70. The van der Waals surface area contributed by atoms with E-state index in [1.54, 1.807) is 4.90 Å². The van der Waals surface area contributed by atoms with Crippen molar-refractivity contribution in [2.24, 2.45) is 34.5 Å². The third kappa shape index (κ3) is 2.86. The third-order valence-corrected chi connectivity index (χ3v) is 9.67. The molecule has 0 amide bonds. The zero-order chi connectivity index (χ0) is 19.5. The van der Waals surface area contributed by atoms with Gasteiger partial charge in [0, 0.05) is 5.41 Å². The molecule has 1 heterocycles. The summed E-state index contributed by atoms with van der Waals surface area (Å²) in [4.78, 5) is 15.1. The maximum atomic E-state index is 13.5. The molecule has 0 aromatic rings. The maximum Gasteiger partial charge on any atom is 0.147 e. The Labute approximate surface area is 169 Å². The predicted molar refractivity (Wildman–Crippen MR) is 108 cm³/mol. The first-order chi connectivity index (χ1) is 13.4. The van der Waals surface area contributed by atoms with Crippen molar-refractivity contribution in [2.45, 2.75) is 64.9 Å². The van der Waals surface area contributed by atoms with Crippen molar-refractivity contribution >= 4 is 5.78 Å². The van der Waals surface area contributed by atoms with Crippen molar-refractivity contribution in [3.05, 3.63) is 11.6 Å². The highest BCUT2D eigenvalue weighted by molar-refractivity contribution is 5.89. The Hall–Kier alpha value is -0.710. The smallest absolute Gasteiger partial charge is 0.147 e. The van der Waals surface area contributed by atoms with E-state index < -0.39 is 0 Å². The number of hydrogen-bond acceptors (Lipinski definition) is 3. The van der Waals surface area contributed by atoms with Gasteiger partial charge in [0.2, 0.25) is 0 Å². The maximum absolute atomic E-state index is 13.5. The normalized spacial score (nSPS) is 49.2. The Morgan fingerprint density at radius 1 is 1.14 bits per heavy atom. The van der Waals surface area contributed by atoms with Crippen LogP contribution >= 0.6 is 0 Å². The number of ketones is 1. The van der Waals surface area contributed by atoms with E-state index in [1.807, 2.05) is 0 Å². The van der Waals surface area contributed by atoms with Crippen LogP contribution in [0.15, 0.2) is 11.6 Å². The second-order valence-electron chi connectivity index (χ2n) is 11.0. The largest absolute Gasteiger partial charge is 0.393 e. The highest BCUT2D eigenvalue weighted by Crippen LogP contribution is 2.64. The van der Waals surface area contributed by atoms with Crippen molar-refractivity contribution in [1.29, 1.82) is 0 Å². The number of allylic oxidation sites excluding steroid dienone is 1. The monoisotopic (exact) mass is 388 g/mol. The molecule has 4 aliphatic carbocycles. The van der Waals surface area contributed by atoms with E-state index in [1.165, 1.54) is 12.0 Å². The Balaban J connectivity index is 1.38. The van der Waals surface area contributed by atoms with E-state index in [-0.39, 0.29) is 22.9 Å². The number of quaternary nitrogens is 1. The van der Waals surface area contributed by atoms with Gasteiger partial charge in [0.25, 0.3) is 0 Å². The fraction of sp³-hybridized carbons (Fsp3) is 0.875. The zero-order valence-electron chi connectivity index (χ0n) is 17.7. The topological polar surface area (TPSA) is 51.0 Å². The molecule has 7 atom stereocenters. The van der Waals surface area contributed by atoms with Crippen LogP contribution in [0.2, 0.25) is 0 Å². The average molecular weight is 389 g/mol. The second-order valence-corrected chi connectivity index (χ2v) is 11.0. The molecule has 4 nitrogen and oxygen atoms in total. The number of aliphatic hydroxyl groups is 1. The number of rotatable bonds is 2. The van der Waals surface area contributed by atoms with E-state index in [2.05, 4.69) is 19.9 Å². The Bertz CT molecular complexity index is 669. The summed E-state index contributed by atoms with van der Waals surface area (Å²) in [7, 11) is 0. The number of morpholine rings is 1. The first kappa shape index (κ1) is 19.3. The van der Waals surface area contributed by atoms with Crippen LogP contribution in [0.3, 0.4) is 0 Å². The van der Waals surface area contributed by atoms with Crippen LogP contribution in [0, 0.1) is 34.5 Å². The van der Waals surface area contributed by atoms with Crippen molar-refractivity contribution in [2.75, 3.05) is 32.8 Å². The summed E-state index contributed by atoms with van der Waals surface area (Å²) in [5.74, 6) is 2.77. The highest BCUT2D eigenvalue weighted by atomic mass is 16.5. The standard InChI is InChI=1S/C24H37NO3/c1-23-7-5-18(26)14-17(23)3-4-19-20(23)6-8-24(2)21(19)13-16(22(24)27)15-25-9-11-28-12-10-25/h3,16,18-21,26H,4-15H2,1-2H3/p+1/t16-,18+,19-,20+,21-,23-,24-/m1/s1.